The van der Waals surface area contributed by atoms with Crippen molar-refractivity contribution < 1.29 is 28.6 Å². The average Bonchev–Trinajstić information content (AvgIpc) is 3.07. The fourth-order valence-electron chi connectivity index (χ4n) is 5.00. The van der Waals surface area contributed by atoms with Gasteiger partial charge in [-0.2, -0.15) is 0 Å². The summed E-state index contributed by atoms with van der Waals surface area (Å²) in [6.45, 7) is 10.9. The number of rotatable bonds is 7. The highest BCUT2D eigenvalue weighted by Crippen LogP contribution is 2.67. The lowest BCUT2D eigenvalue weighted by Crippen LogP contribution is -2.58. The van der Waals surface area contributed by atoms with Gasteiger partial charge in [0.1, 0.15) is 23.5 Å². The SMILES string of the molecule is C=C[C@@H]1C[C@]1(NC(=O)[C@@H]1CCCN1C(=O)[C@@H](NC(=O)OC1CCCC1)C(C)(C)C)P(C)(=O)O. The second-order valence-corrected chi connectivity index (χ2v) is 13.3. The predicted octanol–water partition coefficient (Wildman–Crippen LogP) is 2.98. The van der Waals surface area contributed by atoms with Crippen LogP contribution >= 0.6 is 7.37 Å². The molecule has 0 aromatic heterocycles. The maximum Gasteiger partial charge on any atom is 0.408 e. The highest BCUT2D eigenvalue weighted by atomic mass is 31.2. The summed E-state index contributed by atoms with van der Waals surface area (Å²) in [6, 6.07) is -1.63. The molecule has 9 nitrogen and oxygen atoms in total. The number of carbonyl (C=O) groups excluding carboxylic acids is 3. The summed E-state index contributed by atoms with van der Waals surface area (Å²) < 4.78 is 18.0. The fourth-order valence-corrected chi connectivity index (χ4v) is 6.58. The molecule has 3 amide bonds. The van der Waals surface area contributed by atoms with E-state index in [0.717, 1.165) is 25.7 Å². The van der Waals surface area contributed by atoms with E-state index >= 15 is 0 Å². The number of hydrogen-bond donors (Lipinski definition) is 3. The number of nitrogens with zero attached hydrogens (tertiary/aromatic N) is 1. The molecule has 5 atom stereocenters. The molecule has 0 radical (unpaired) electrons. The molecule has 3 aliphatic rings. The fraction of sp³-hybridized carbons (Fsp3) is 0.783. The number of likely N-dealkylation sites (tertiary alicyclic amines) is 1. The Morgan fingerprint density at radius 1 is 1.21 bits per heavy atom. The van der Waals surface area contributed by atoms with Gasteiger partial charge in [0.2, 0.25) is 19.2 Å². The monoisotopic (exact) mass is 483 g/mol. The molecule has 2 aliphatic carbocycles. The van der Waals surface area contributed by atoms with E-state index in [4.69, 9.17) is 4.74 Å². The number of ether oxygens (including phenoxy) is 1. The Balaban J connectivity index is 1.71. The normalized spacial score (nSPS) is 30.3. The molecule has 10 heteroatoms. The number of amides is 3. The zero-order chi connectivity index (χ0) is 24.6. The Morgan fingerprint density at radius 2 is 1.85 bits per heavy atom. The molecule has 0 bridgehead atoms. The summed E-state index contributed by atoms with van der Waals surface area (Å²) in [5.74, 6) is -1.07. The van der Waals surface area contributed by atoms with Crippen molar-refractivity contribution in [3.63, 3.8) is 0 Å². The van der Waals surface area contributed by atoms with Gasteiger partial charge in [-0.25, -0.2) is 4.79 Å². The third kappa shape index (κ3) is 5.46. The molecular weight excluding hydrogens is 445 g/mol. The van der Waals surface area contributed by atoms with Crippen molar-refractivity contribution in [2.24, 2.45) is 11.3 Å². The summed E-state index contributed by atoms with van der Waals surface area (Å²) in [4.78, 5) is 50.9. The van der Waals surface area contributed by atoms with Crippen molar-refractivity contribution in [3.05, 3.63) is 12.7 Å². The molecule has 2 saturated carbocycles. The van der Waals surface area contributed by atoms with Crippen LogP contribution in [0.1, 0.15) is 65.7 Å². The lowest BCUT2D eigenvalue weighted by Gasteiger charge is -2.35. The van der Waals surface area contributed by atoms with Gasteiger partial charge in [0.05, 0.1) is 0 Å². The molecule has 33 heavy (non-hydrogen) atoms. The van der Waals surface area contributed by atoms with Crippen molar-refractivity contribution in [3.8, 4) is 0 Å². The van der Waals surface area contributed by atoms with Crippen LogP contribution in [0.5, 0.6) is 0 Å². The van der Waals surface area contributed by atoms with Crippen LogP contribution in [-0.2, 0) is 18.9 Å². The summed E-state index contributed by atoms with van der Waals surface area (Å²) in [5.41, 5.74) is -0.606. The van der Waals surface area contributed by atoms with E-state index in [1.54, 1.807) is 6.08 Å². The molecule has 3 fully saturated rings. The molecule has 186 valence electrons. The van der Waals surface area contributed by atoms with Crippen LogP contribution in [0.2, 0.25) is 0 Å². The lowest BCUT2D eigenvalue weighted by atomic mass is 9.85. The van der Waals surface area contributed by atoms with E-state index in [9.17, 15) is 23.8 Å². The summed E-state index contributed by atoms with van der Waals surface area (Å²) >= 11 is 0. The van der Waals surface area contributed by atoms with Crippen molar-refractivity contribution in [2.45, 2.75) is 89.2 Å². The van der Waals surface area contributed by atoms with Crippen LogP contribution in [0.15, 0.2) is 12.7 Å². The molecule has 3 N–H and O–H groups in total. The van der Waals surface area contributed by atoms with Crippen LogP contribution in [-0.4, -0.2) is 64.4 Å². The summed E-state index contributed by atoms with van der Waals surface area (Å²) in [6.07, 6.45) is 5.99. The third-order valence-electron chi connectivity index (χ3n) is 7.14. The Kier molecular flexibility index (Phi) is 7.35. The van der Waals surface area contributed by atoms with E-state index in [0.29, 0.717) is 25.8 Å². The van der Waals surface area contributed by atoms with Crippen molar-refractivity contribution >= 4 is 25.3 Å². The average molecular weight is 484 g/mol. The van der Waals surface area contributed by atoms with Crippen LogP contribution < -0.4 is 10.6 Å². The van der Waals surface area contributed by atoms with Crippen LogP contribution in [0.3, 0.4) is 0 Å². The molecule has 1 heterocycles. The smallest absolute Gasteiger partial charge is 0.408 e. The first-order valence-corrected chi connectivity index (χ1v) is 13.9. The van der Waals surface area contributed by atoms with Gasteiger partial charge < -0.3 is 25.2 Å². The van der Waals surface area contributed by atoms with Gasteiger partial charge >= 0.3 is 6.09 Å². The van der Waals surface area contributed by atoms with Gasteiger partial charge in [-0.1, -0.05) is 26.8 Å². The Labute approximate surface area is 196 Å². The van der Waals surface area contributed by atoms with Gasteiger partial charge in [-0.15, -0.1) is 6.58 Å². The molecule has 0 spiro atoms. The largest absolute Gasteiger partial charge is 0.446 e. The first-order chi connectivity index (χ1) is 15.3. The maximum atomic E-state index is 13.5. The summed E-state index contributed by atoms with van der Waals surface area (Å²) in [7, 11) is -3.63. The van der Waals surface area contributed by atoms with Gasteiger partial charge in [-0.3, -0.25) is 14.2 Å². The molecule has 1 saturated heterocycles. The van der Waals surface area contributed by atoms with E-state index in [1.807, 2.05) is 20.8 Å². The molecule has 0 aromatic carbocycles. The number of alkyl carbamates (subject to hydrolysis) is 1. The number of hydrogen-bond acceptors (Lipinski definition) is 5. The van der Waals surface area contributed by atoms with Crippen LogP contribution in [0.4, 0.5) is 4.79 Å². The quantitative estimate of drug-likeness (QED) is 0.378. The van der Waals surface area contributed by atoms with E-state index in [2.05, 4.69) is 17.2 Å². The maximum absolute atomic E-state index is 13.5. The second-order valence-electron chi connectivity index (χ2n) is 10.8. The highest BCUT2D eigenvalue weighted by molar-refractivity contribution is 7.59. The number of nitrogens with one attached hydrogen (secondary N) is 2. The molecular formula is C23H38N3O6P. The highest BCUT2D eigenvalue weighted by Gasteiger charge is 2.64. The molecule has 1 unspecified atom stereocenters. The van der Waals surface area contributed by atoms with Gasteiger partial charge in [0.15, 0.2) is 0 Å². The van der Waals surface area contributed by atoms with E-state index in [1.165, 1.54) is 11.6 Å². The standard InChI is InChI=1S/C23H38N3O6P/c1-6-15-14-23(15,33(5,30)31)25-19(27)17-12-9-13-26(17)20(28)18(22(2,3)4)24-21(29)32-16-10-7-8-11-16/h6,15-18H,1,7-14H2,2-5H3,(H,24,29)(H,25,27)(H,30,31)/t15-,17+,18-,23+/m1/s1. The number of carbonyl (C=O) groups is 3. The van der Waals surface area contributed by atoms with Crippen LogP contribution in [0.25, 0.3) is 0 Å². The lowest BCUT2D eigenvalue weighted by molar-refractivity contribution is -0.142. The Hall–Kier alpha value is -1.86. The first kappa shape index (κ1) is 25.8. The minimum Gasteiger partial charge on any atom is -0.446 e. The molecule has 0 aromatic rings. The second kappa shape index (κ2) is 9.41. The van der Waals surface area contributed by atoms with E-state index < -0.39 is 42.1 Å². The minimum absolute atomic E-state index is 0.123. The van der Waals surface area contributed by atoms with Crippen molar-refractivity contribution in [1.29, 1.82) is 0 Å². The zero-order valence-corrected chi connectivity index (χ0v) is 21.0. The Morgan fingerprint density at radius 3 is 2.36 bits per heavy atom. The molecule has 3 rings (SSSR count). The van der Waals surface area contributed by atoms with Gasteiger partial charge in [-0.05, 0) is 50.4 Å². The van der Waals surface area contributed by atoms with Gasteiger partial charge in [0.25, 0.3) is 0 Å². The minimum atomic E-state index is -3.63. The predicted molar refractivity (Wildman–Crippen MR) is 125 cm³/mol. The van der Waals surface area contributed by atoms with Gasteiger partial charge in [0, 0.05) is 19.1 Å². The van der Waals surface area contributed by atoms with Crippen molar-refractivity contribution in [1.82, 2.24) is 15.5 Å². The third-order valence-corrected chi connectivity index (χ3v) is 9.25. The topological polar surface area (TPSA) is 125 Å². The first-order valence-electron chi connectivity index (χ1n) is 11.8. The Bertz CT molecular complexity index is 844. The summed E-state index contributed by atoms with van der Waals surface area (Å²) in [5, 5.41) is 4.30. The van der Waals surface area contributed by atoms with E-state index in [-0.39, 0.29) is 17.9 Å². The van der Waals surface area contributed by atoms with Crippen molar-refractivity contribution in [2.75, 3.05) is 13.2 Å². The molecule has 1 aliphatic heterocycles. The van der Waals surface area contributed by atoms with Crippen LogP contribution in [0, 0.1) is 11.3 Å². The zero-order valence-electron chi connectivity index (χ0n) is 20.1.